The Morgan fingerprint density at radius 1 is 1.00 bits per heavy atom. The summed E-state index contributed by atoms with van der Waals surface area (Å²) in [4.78, 5) is 64.1. The molecule has 37 heavy (non-hydrogen) atoms. The minimum atomic E-state index is -0.998. The van der Waals surface area contributed by atoms with Gasteiger partial charge in [0.25, 0.3) is 11.8 Å². The number of nitrogens with zero attached hydrogens (tertiary/aromatic N) is 1. The summed E-state index contributed by atoms with van der Waals surface area (Å²) in [6.07, 6.45) is -0.718. The maximum atomic E-state index is 12.2. The predicted octanol–water partition coefficient (Wildman–Crippen LogP) is 3.42. The summed E-state index contributed by atoms with van der Waals surface area (Å²) < 4.78 is 10.4. The summed E-state index contributed by atoms with van der Waals surface area (Å²) in [6, 6.07) is 6.51. The van der Waals surface area contributed by atoms with Crippen LogP contribution in [0.1, 0.15) is 58.4 Å². The number of carbonyl (C=O) groups is 5. The first-order chi connectivity index (χ1) is 17.4. The minimum Gasteiger partial charge on any atom is -0.445 e. The quantitative estimate of drug-likeness (QED) is 0.285. The Balaban J connectivity index is 1.75. The predicted molar refractivity (Wildman–Crippen MR) is 132 cm³/mol. The van der Waals surface area contributed by atoms with Gasteiger partial charge >= 0.3 is 18.3 Å². The molecule has 0 radical (unpaired) electrons. The van der Waals surface area contributed by atoms with Gasteiger partial charge in [0.1, 0.15) is 12.2 Å². The first-order valence-electron chi connectivity index (χ1n) is 11.9. The summed E-state index contributed by atoms with van der Waals surface area (Å²) in [5.41, 5.74) is -0.0222. The van der Waals surface area contributed by atoms with E-state index in [4.69, 9.17) is 25.9 Å². The van der Waals surface area contributed by atoms with Crippen molar-refractivity contribution in [1.82, 2.24) is 21.0 Å². The Morgan fingerprint density at radius 2 is 1.68 bits per heavy atom. The minimum absolute atomic E-state index is 0.0173. The third-order valence-electron chi connectivity index (χ3n) is 4.96. The number of carbonyl (C=O) groups excluding carboxylic acids is 5. The molecule has 0 spiro atoms. The fraction of sp³-hybridized carbons (Fsp3) is 0.542. The van der Waals surface area contributed by atoms with Crippen LogP contribution in [0.4, 0.5) is 14.4 Å². The summed E-state index contributed by atoms with van der Waals surface area (Å²) in [7, 11) is 0. The van der Waals surface area contributed by atoms with E-state index < -0.39 is 41.7 Å². The molecule has 1 saturated heterocycles. The van der Waals surface area contributed by atoms with Crippen LogP contribution in [0.15, 0.2) is 24.3 Å². The standard InChI is InChI=1S/C24H33ClN4O8/c1-24(2,3)36-23(34)28-17(14-27-22(33)37-29-19(30)11-12-20(29)31)9-6-7-13-26-21(32)35-15-16-8-4-5-10-18(16)25/h4-5,8,10,17H,6-7,9,11-15H2,1-3H3,(H,26,32)(H,27,33)(H,28,34)/t17-/m0/s1. The lowest BCUT2D eigenvalue weighted by Crippen LogP contribution is -2.46. The van der Waals surface area contributed by atoms with Gasteiger partial charge in [-0.3, -0.25) is 9.59 Å². The van der Waals surface area contributed by atoms with Crippen molar-refractivity contribution < 1.29 is 38.3 Å². The molecule has 3 N–H and O–H groups in total. The number of alkyl carbamates (subject to hydrolysis) is 2. The van der Waals surface area contributed by atoms with Crippen molar-refractivity contribution in [2.45, 2.75) is 71.1 Å². The number of hydroxylamine groups is 2. The van der Waals surface area contributed by atoms with Crippen LogP contribution in [0.2, 0.25) is 5.02 Å². The molecule has 1 heterocycles. The molecule has 204 valence electrons. The smallest absolute Gasteiger partial charge is 0.432 e. The number of halogens is 1. The average molecular weight is 541 g/mol. The highest BCUT2D eigenvalue weighted by atomic mass is 35.5. The molecule has 2 rings (SSSR count). The van der Waals surface area contributed by atoms with Crippen molar-refractivity contribution >= 4 is 41.7 Å². The lowest BCUT2D eigenvalue weighted by atomic mass is 10.1. The van der Waals surface area contributed by atoms with E-state index >= 15 is 0 Å². The highest BCUT2D eigenvalue weighted by Crippen LogP contribution is 2.16. The first kappa shape index (κ1) is 29.7. The van der Waals surface area contributed by atoms with Crippen LogP contribution in [0.5, 0.6) is 0 Å². The average Bonchev–Trinajstić information content (AvgIpc) is 3.12. The van der Waals surface area contributed by atoms with Gasteiger partial charge in [0, 0.05) is 42.6 Å². The highest BCUT2D eigenvalue weighted by molar-refractivity contribution is 6.31. The summed E-state index contributed by atoms with van der Waals surface area (Å²) in [5.74, 6) is -1.19. The molecule has 5 amide bonds. The van der Waals surface area contributed by atoms with Gasteiger partial charge in [-0.05, 0) is 46.1 Å². The second-order valence-electron chi connectivity index (χ2n) is 9.27. The van der Waals surface area contributed by atoms with E-state index in [0.29, 0.717) is 41.5 Å². The van der Waals surface area contributed by atoms with Crippen molar-refractivity contribution in [3.63, 3.8) is 0 Å². The number of hydrogen-bond donors (Lipinski definition) is 3. The van der Waals surface area contributed by atoms with Crippen molar-refractivity contribution in [2.75, 3.05) is 13.1 Å². The molecule has 1 aliphatic rings. The third kappa shape index (κ3) is 11.4. The fourth-order valence-corrected chi connectivity index (χ4v) is 3.39. The monoisotopic (exact) mass is 540 g/mol. The second-order valence-corrected chi connectivity index (χ2v) is 9.68. The van der Waals surface area contributed by atoms with E-state index in [1.807, 2.05) is 0 Å². The van der Waals surface area contributed by atoms with Crippen LogP contribution in [0.25, 0.3) is 0 Å². The lowest BCUT2D eigenvalue weighted by Gasteiger charge is -2.24. The number of nitrogens with one attached hydrogen (secondary N) is 3. The van der Waals surface area contributed by atoms with E-state index in [1.54, 1.807) is 45.0 Å². The Hall–Kier alpha value is -3.54. The first-order valence-corrected chi connectivity index (χ1v) is 12.3. The SMILES string of the molecule is CC(C)(C)OC(=O)N[C@@H](CCCCNC(=O)OCc1ccccc1Cl)CNC(=O)ON1C(=O)CCC1=O. The van der Waals surface area contributed by atoms with Crippen LogP contribution in [-0.2, 0) is 30.5 Å². The van der Waals surface area contributed by atoms with Crippen LogP contribution in [0, 0.1) is 0 Å². The van der Waals surface area contributed by atoms with Crippen LogP contribution >= 0.6 is 11.6 Å². The zero-order chi connectivity index (χ0) is 27.4. The maximum absolute atomic E-state index is 12.2. The van der Waals surface area contributed by atoms with Gasteiger partial charge in [-0.1, -0.05) is 29.8 Å². The Morgan fingerprint density at radius 3 is 2.32 bits per heavy atom. The molecule has 0 unspecified atom stereocenters. The van der Waals surface area contributed by atoms with E-state index in [1.165, 1.54) is 0 Å². The number of imide groups is 1. The lowest BCUT2D eigenvalue weighted by molar-refractivity contribution is -0.171. The number of benzene rings is 1. The van der Waals surface area contributed by atoms with Gasteiger partial charge in [0.15, 0.2) is 0 Å². The number of amides is 5. The Labute approximate surface area is 220 Å². The van der Waals surface area contributed by atoms with Crippen molar-refractivity contribution in [2.24, 2.45) is 0 Å². The van der Waals surface area contributed by atoms with Crippen LogP contribution < -0.4 is 16.0 Å². The third-order valence-corrected chi connectivity index (χ3v) is 5.33. The molecule has 12 nitrogen and oxygen atoms in total. The molecule has 1 atom stereocenters. The largest absolute Gasteiger partial charge is 0.445 e. The topological polar surface area (TPSA) is 152 Å². The summed E-state index contributed by atoms with van der Waals surface area (Å²) >= 11 is 6.04. The normalized spacial score (nSPS) is 14.1. The van der Waals surface area contributed by atoms with Crippen molar-refractivity contribution in [3.05, 3.63) is 34.9 Å². The summed E-state index contributed by atoms with van der Waals surface area (Å²) in [5, 5.41) is 8.70. The van der Waals surface area contributed by atoms with E-state index in [0.717, 1.165) is 0 Å². The molecule has 0 bridgehead atoms. The van der Waals surface area contributed by atoms with Crippen molar-refractivity contribution in [1.29, 1.82) is 0 Å². The molecule has 1 aliphatic heterocycles. The number of unbranched alkanes of at least 4 members (excludes halogenated alkanes) is 1. The zero-order valence-electron chi connectivity index (χ0n) is 21.1. The molecule has 0 aromatic heterocycles. The van der Waals surface area contributed by atoms with Gasteiger partial charge in [-0.25, -0.2) is 14.4 Å². The Kier molecular flexibility index (Phi) is 11.4. The van der Waals surface area contributed by atoms with Gasteiger partial charge < -0.3 is 30.3 Å². The zero-order valence-corrected chi connectivity index (χ0v) is 21.9. The van der Waals surface area contributed by atoms with E-state index in [2.05, 4.69) is 16.0 Å². The maximum Gasteiger partial charge on any atom is 0.432 e. The van der Waals surface area contributed by atoms with E-state index in [9.17, 15) is 24.0 Å². The van der Waals surface area contributed by atoms with Gasteiger partial charge in [-0.2, -0.15) is 0 Å². The van der Waals surface area contributed by atoms with Gasteiger partial charge in [0.05, 0.1) is 0 Å². The number of ether oxygens (including phenoxy) is 2. The molecule has 13 heteroatoms. The molecule has 1 aromatic rings. The molecule has 0 saturated carbocycles. The van der Waals surface area contributed by atoms with E-state index in [-0.39, 0.29) is 26.0 Å². The van der Waals surface area contributed by atoms with Crippen molar-refractivity contribution in [3.8, 4) is 0 Å². The molecular weight excluding hydrogens is 508 g/mol. The molecule has 0 aliphatic carbocycles. The molecule has 1 aromatic carbocycles. The Bertz CT molecular complexity index is 966. The summed E-state index contributed by atoms with van der Waals surface area (Å²) in [6.45, 7) is 5.49. The van der Waals surface area contributed by atoms with Gasteiger partial charge in [0.2, 0.25) is 0 Å². The number of hydrogen-bond acceptors (Lipinski definition) is 8. The number of rotatable bonds is 11. The second kappa shape index (κ2) is 14.3. The van der Waals surface area contributed by atoms with Crippen LogP contribution in [-0.4, -0.2) is 59.9 Å². The van der Waals surface area contributed by atoms with Gasteiger partial charge in [-0.15, -0.1) is 5.06 Å². The fourth-order valence-electron chi connectivity index (χ4n) is 3.20. The molecular formula is C24H33ClN4O8. The van der Waals surface area contributed by atoms with Crippen LogP contribution in [0.3, 0.4) is 0 Å². The highest BCUT2D eigenvalue weighted by Gasteiger charge is 2.33. The molecule has 1 fully saturated rings.